The normalized spacial score (nSPS) is 28.3. The lowest BCUT2D eigenvalue weighted by atomic mass is 9.80. The predicted molar refractivity (Wildman–Crippen MR) is 123 cm³/mol. The minimum Gasteiger partial charge on any atom is -0.339 e. The van der Waals surface area contributed by atoms with Crippen molar-refractivity contribution in [2.45, 2.75) is 48.6 Å². The summed E-state index contributed by atoms with van der Waals surface area (Å²) in [7, 11) is -0.268. The first-order valence-electron chi connectivity index (χ1n) is 11.6. The maximum atomic E-state index is 15.0. The van der Waals surface area contributed by atoms with E-state index in [9.17, 15) is 21.6 Å². The fraction of sp³-hybridized carbons (Fsp3) is 0.400. The van der Waals surface area contributed by atoms with E-state index in [4.69, 9.17) is 0 Å². The smallest absolute Gasteiger partial charge is 0.339 e. The van der Waals surface area contributed by atoms with Crippen molar-refractivity contribution in [1.82, 2.24) is 19.2 Å². The number of nitrogens with zero attached hydrogens (tertiary/aromatic N) is 3. The Bertz CT molecular complexity index is 1470. The topological polar surface area (TPSA) is 67.0 Å². The van der Waals surface area contributed by atoms with Crippen molar-refractivity contribution in [1.29, 1.82) is 0 Å². The third kappa shape index (κ3) is 3.59. The number of alkyl halides is 3. The number of hydrogen-bond donors (Lipinski definition) is 1. The fourth-order valence-electron chi connectivity index (χ4n) is 6.27. The molecule has 1 N–H and O–H groups in total. The minimum absolute atomic E-state index is 0.0751. The molecule has 6 nitrogen and oxygen atoms in total. The summed E-state index contributed by atoms with van der Waals surface area (Å²) in [6.45, 7) is -0.256. The molecule has 1 aromatic heterocycles. The molecule has 3 unspecified atom stereocenters. The number of aryl methyl sites for hydroxylation is 1. The van der Waals surface area contributed by atoms with Gasteiger partial charge in [0.25, 0.3) is 10.0 Å². The first-order valence-corrected chi connectivity index (χ1v) is 13.1. The van der Waals surface area contributed by atoms with E-state index in [2.05, 4.69) is 14.6 Å². The molecule has 1 spiro atoms. The van der Waals surface area contributed by atoms with Crippen molar-refractivity contribution in [3.8, 4) is 0 Å². The number of imidazole rings is 1. The molecule has 0 radical (unpaired) electrons. The van der Waals surface area contributed by atoms with Crippen molar-refractivity contribution in [3.63, 3.8) is 0 Å². The molecule has 0 bridgehead atoms. The van der Waals surface area contributed by atoms with E-state index in [1.54, 1.807) is 19.2 Å². The highest BCUT2D eigenvalue weighted by atomic mass is 32.2. The van der Waals surface area contributed by atoms with Gasteiger partial charge in [-0.05, 0) is 54.6 Å². The van der Waals surface area contributed by atoms with Crippen molar-refractivity contribution < 1.29 is 26.0 Å². The highest BCUT2D eigenvalue weighted by Crippen LogP contribution is 2.76. The van der Waals surface area contributed by atoms with E-state index < -0.39 is 27.6 Å². The Hall–Kier alpha value is -2.76. The van der Waals surface area contributed by atoms with Crippen molar-refractivity contribution >= 4 is 10.0 Å². The van der Waals surface area contributed by atoms with Gasteiger partial charge in [-0.3, -0.25) is 4.90 Å². The number of sulfonamides is 1. The Labute approximate surface area is 206 Å². The van der Waals surface area contributed by atoms with Gasteiger partial charge in [0.2, 0.25) is 0 Å². The average molecular weight is 521 g/mol. The third-order valence-electron chi connectivity index (χ3n) is 8.01. The standard InChI is InChI=1S/C25H24F4N4O2S/c1-32-12-21(30-13-32)36(34,35)31-11-16-8-18-15(9-20(16)26)10-24(22-23(24)33(22)2)19(18)7-14-4-3-5-17(6-14)25(27,28)29/h3-6,8-9,12-13,19,22-23,31H,7,10-11H2,1-2H3. The third-order valence-corrected chi connectivity index (χ3v) is 9.30. The summed E-state index contributed by atoms with van der Waals surface area (Å²) in [5, 5.41) is -0.158. The van der Waals surface area contributed by atoms with Gasteiger partial charge in [0.05, 0.1) is 11.9 Å². The van der Waals surface area contributed by atoms with Gasteiger partial charge in [0.1, 0.15) is 5.82 Å². The van der Waals surface area contributed by atoms with Crippen molar-refractivity contribution in [2.24, 2.45) is 12.5 Å². The van der Waals surface area contributed by atoms with Crippen molar-refractivity contribution in [3.05, 3.63) is 82.6 Å². The van der Waals surface area contributed by atoms with Gasteiger partial charge in [0.15, 0.2) is 5.03 Å². The van der Waals surface area contributed by atoms with Gasteiger partial charge >= 0.3 is 6.18 Å². The first-order chi connectivity index (χ1) is 16.9. The van der Waals surface area contributed by atoms with Gasteiger partial charge in [-0.1, -0.05) is 24.3 Å². The summed E-state index contributed by atoms with van der Waals surface area (Å²) in [4.78, 5) is 6.07. The number of likely N-dealkylation sites (tertiary alicyclic amines) is 1. The summed E-state index contributed by atoms with van der Waals surface area (Å²) < 4.78 is 84.0. The molecule has 3 aliphatic rings. The van der Waals surface area contributed by atoms with E-state index >= 15 is 4.39 Å². The summed E-state index contributed by atoms with van der Waals surface area (Å²) in [6.07, 6.45) is -0.637. The molecule has 0 amide bonds. The highest BCUT2D eigenvalue weighted by molar-refractivity contribution is 7.89. The van der Waals surface area contributed by atoms with Crippen LogP contribution in [0.3, 0.4) is 0 Å². The van der Waals surface area contributed by atoms with E-state index in [-0.39, 0.29) is 28.5 Å². The van der Waals surface area contributed by atoms with Crippen LogP contribution >= 0.6 is 0 Å². The average Bonchev–Trinajstić information content (AvgIpc) is 3.56. The van der Waals surface area contributed by atoms with Crippen molar-refractivity contribution in [2.75, 3.05) is 7.05 Å². The molecule has 2 aromatic carbocycles. The van der Waals surface area contributed by atoms with Gasteiger partial charge < -0.3 is 4.57 Å². The number of aromatic nitrogens is 2. The zero-order valence-corrected chi connectivity index (χ0v) is 20.4. The second-order valence-corrected chi connectivity index (χ2v) is 11.9. The van der Waals surface area contributed by atoms with Gasteiger partial charge in [-0.25, -0.2) is 22.5 Å². The Kier molecular flexibility index (Phi) is 5.00. The monoisotopic (exact) mass is 520 g/mol. The molecule has 6 rings (SSSR count). The van der Waals surface area contributed by atoms with Crippen LogP contribution in [-0.4, -0.2) is 42.0 Å². The minimum atomic E-state index is -4.43. The molecule has 1 saturated heterocycles. The van der Waals surface area contributed by atoms with Crippen LogP contribution in [0.1, 0.15) is 33.7 Å². The molecule has 1 saturated carbocycles. The molecule has 36 heavy (non-hydrogen) atoms. The largest absolute Gasteiger partial charge is 0.416 e. The Morgan fingerprint density at radius 3 is 2.56 bits per heavy atom. The van der Waals surface area contributed by atoms with Gasteiger partial charge in [-0.15, -0.1) is 0 Å². The molecule has 11 heteroatoms. The van der Waals surface area contributed by atoms with Gasteiger partial charge in [0, 0.05) is 42.9 Å². The van der Waals surface area contributed by atoms with E-state index in [0.29, 0.717) is 30.5 Å². The molecular formula is C25H24F4N4O2S. The second kappa shape index (κ2) is 7.62. The van der Waals surface area contributed by atoms with Crippen LogP contribution in [0.5, 0.6) is 0 Å². The summed E-state index contributed by atoms with van der Waals surface area (Å²) >= 11 is 0. The van der Waals surface area contributed by atoms with Crippen LogP contribution in [0.15, 0.2) is 53.9 Å². The maximum Gasteiger partial charge on any atom is 0.416 e. The van der Waals surface area contributed by atoms with E-state index in [1.165, 1.54) is 35.3 Å². The zero-order chi connectivity index (χ0) is 25.6. The Morgan fingerprint density at radius 1 is 1.17 bits per heavy atom. The molecule has 2 fully saturated rings. The Morgan fingerprint density at radius 2 is 1.92 bits per heavy atom. The lowest BCUT2D eigenvalue weighted by Gasteiger charge is -2.29. The van der Waals surface area contributed by atoms with Crippen LogP contribution < -0.4 is 4.72 Å². The molecule has 2 heterocycles. The van der Waals surface area contributed by atoms with Gasteiger partial charge in [-0.2, -0.15) is 13.2 Å². The van der Waals surface area contributed by atoms with Crippen LogP contribution in [-0.2, 0) is 42.6 Å². The summed E-state index contributed by atoms with van der Waals surface area (Å²) in [5.41, 5.74) is 1.72. The summed E-state index contributed by atoms with van der Waals surface area (Å²) in [6, 6.07) is 9.21. The predicted octanol–water partition coefficient (Wildman–Crippen LogP) is 3.62. The molecule has 3 aromatic rings. The number of benzene rings is 2. The van der Waals surface area contributed by atoms with E-state index in [1.807, 2.05) is 7.05 Å². The van der Waals surface area contributed by atoms with Crippen LogP contribution in [0.2, 0.25) is 0 Å². The highest BCUT2D eigenvalue weighted by Gasteiger charge is 2.84. The molecule has 2 aliphatic carbocycles. The number of halogens is 4. The second-order valence-electron chi connectivity index (χ2n) is 10.1. The number of rotatable bonds is 6. The number of nitrogens with one attached hydrogen (secondary N) is 1. The van der Waals surface area contributed by atoms with Crippen LogP contribution in [0.4, 0.5) is 17.6 Å². The number of hydrogen-bond acceptors (Lipinski definition) is 4. The van der Waals surface area contributed by atoms with Crippen LogP contribution in [0, 0.1) is 11.2 Å². The first kappa shape index (κ1) is 23.6. The maximum absolute atomic E-state index is 15.0. The fourth-order valence-corrected chi connectivity index (χ4v) is 7.26. The number of likely N-dealkylation sites (N-methyl/N-ethyl adjacent to an activating group) is 1. The quantitative estimate of drug-likeness (QED) is 0.398. The number of fused-ring (bicyclic) bond motifs is 4. The SMILES string of the molecule is CN1C2C1C21Cc2cc(F)c(CNS(=O)(=O)c3cn(C)cn3)cc2C1Cc1cccc(C(F)(F)F)c1. The zero-order valence-electron chi connectivity index (χ0n) is 19.6. The lowest BCUT2D eigenvalue weighted by Crippen LogP contribution is -2.31. The van der Waals surface area contributed by atoms with E-state index in [0.717, 1.165) is 17.2 Å². The van der Waals surface area contributed by atoms with Crippen LogP contribution in [0.25, 0.3) is 0 Å². The lowest BCUT2D eigenvalue weighted by molar-refractivity contribution is -0.137. The Balaban J connectivity index is 1.30. The summed E-state index contributed by atoms with van der Waals surface area (Å²) in [5.74, 6) is -0.580. The molecule has 190 valence electrons. The molecule has 1 aliphatic heterocycles. The molecular weight excluding hydrogens is 496 g/mol. The molecule has 3 atom stereocenters.